The molecular weight excluding hydrogens is 365 g/mol. The van der Waals surface area contributed by atoms with E-state index in [-0.39, 0.29) is 5.82 Å². The molecule has 0 saturated carbocycles. The second kappa shape index (κ2) is 8.66. The van der Waals surface area contributed by atoms with Crippen LogP contribution in [0, 0.1) is 5.82 Å². The summed E-state index contributed by atoms with van der Waals surface area (Å²) in [5.41, 5.74) is 8.21. The molecule has 2 aromatic heterocycles. The van der Waals surface area contributed by atoms with Crippen LogP contribution in [0.4, 0.5) is 10.2 Å². The van der Waals surface area contributed by atoms with E-state index in [1.54, 1.807) is 19.2 Å². The normalized spacial score (nSPS) is 10.6. The molecule has 0 aliphatic rings. The first-order valence-electron chi connectivity index (χ1n) is 8.25. The summed E-state index contributed by atoms with van der Waals surface area (Å²) in [6, 6.07) is 13.6. The average Bonchev–Trinajstić information content (AvgIpc) is 3.07. The van der Waals surface area contributed by atoms with E-state index in [2.05, 4.69) is 16.9 Å². The van der Waals surface area contributed by atoms with Crippen molar-refractivity contribution >= 4 is 22.9 Å². The summed E-state index contributed by atoms with van der Waals surface area (Å²) in [5.74, 6) is 0.545. The summed E-state index contributed by atoms with van der Waals surface area (Å²) >= 11 is 1.47. The van der Waals surface area contributed by atoms with E-state index in [0.29, 0.717) is 35.5 Å². The van der Waals surface area contributed by atoms with Gasteiger partial charge in [-0.15, -0.1) is 11.3 Å². The standard InChI is InChI=1S/C20H20FN3O2S/c1-13(18-8-6-15(12-25-2)24-20(18)22)23-11-17-7-9-19(27-17)26-16-5-3-4-14(21)10-16/h3-10,23H,1,11-12H2,2H3,(H2,22,24). The van der Waals surface area contributed by atoms with Gasteiger partial charge >= 0.3 is 0 Å². The quantitative estimate of drug-likeness (QED) is 0.595. The molecule has 0 saturated heterocycles. The monoisotopic (exact) mass is 385 g/mol. The predicted octanol–water partition coefficient (Wildman–Crippen LogP) is 4.56. The first-order valence-corrected chi connectivity index (χ1v) is 9.06. The minimum Gasteiger partial charge on any atom is -0.447 e. The molecule has 0 aliphatic carbocycles. The molecule has 0 bridgehead atoms. The molecule has 0 aliphatic heterocycles. The highest BCUT2D eigenvalue weighted by atomic mass is 32.1. The number of halogens is 1. The number of hydrogen-bond acceptors (Lipinski definition) is 6. The molecule has 0 unspecified atom stereocenters. The maximum Gasteiger partial charge on any atom is 0.181 e. The van der Waals surface area contributed by atoms with Gasteiger partial charge in [-0.25, -0.2) is 9.37 Å². The van der Waals surface area contributed by atoms with Crippen LogP contribution in [0.2, 0.25) is 0 Å². The van der Waals surface area contributed by atoms with Gasteiger partial charge in [0, 0.05) is 35.9 Å². The number of pyridine rings is 1. The zero-order valence-electron chi connectivity index (χ0n) is 14.9. The Morgan fingerprint density at radius 2 is 2.11 bits per heavy atom. The zero-order valence-corrected chi connectivity index (χ0v) is 15.7. The third-order valence-electron chi connectivity index (χ3n) is 3.73. The average molecular weight is 385 g/mol. The lowest BCUT2D eigenvalue weighted by Crippen LogP contribution is -2.12. The Bertz CT molecular complexity index is 942. The van der Waals surface area contributed by atoms with Gasteiger partial charge in [0.2, 0.25) is 0 Å². The summed E-state index contributed by atoms with van der Waals surface area (Å²) in [5, 5.41) is 3.93. The summed E-state index contributed by atoms with van der Waals surface area (Å²) in [6.45, 7) is 5.01. The number of aromatic nitrogens is 1. The zero-order chi connectivity index (χ0) is 19.2. The first-order chi connectivity index (χ1) is 13.0. The van der Waals surface area contributed by atoms with Crippen LogP contribution >= 0.6 is 11.3 Å². The van der Waals surface area contributed by atoms with Gasteiger partial charge in [0.05, 0.1) is 12.3 Å². The molecule has 0 spiro atoms. The predicted molar refractivity (Wildman–Crippen MR) is 106 cm³/mol. The van der Waals surface area contributed by atoms with Gasteiger partial charge in [-0.05, 0) is 36.4 Å². The number of nitrogens with zero attached hydrogens (tertiary/aromatic N) is 1. The third-order valence-corrected chi connectivity index (χ3v) is 4.69. The van der Waals surface area contributed by atoms with Crippen molar-refractivity contribution in [3.05, 3.63) is 77.1 Å². The number of benzene rings is 1. The minimum absolute atomic E-state index is 0.329. The molecule has 5 nitrogen and oxygen atoms in total. The van der Waals surface area contributed by atoms with E-state index in [1.165, 1.54) is 23.5 Å². The van der Waals surface area contributed by atoms with Gasteiger partial charge in [-0.2, -0.15) is 0 Å². The molecule has 3 N–H and O–H groups in total. The highest BCUT2D eigenvalue weighted by Gasteiger charge is 2.08. The molecule has 7 heteroatoms. The Balaban J connectivity index is 1.59. The Hall–Kier alpha value is -2.90. The smallest absolute Gasteiger partial charge is 0.181 e. The third kappa shape index (κ3) is 5.06. The fourth-order valence-corrected chi connectivity index (χ4v) is 3.26. The lowest BCUT2D eigenvalue weighted by molar-refractivity contribution is 0.181. The number of nitrogens with two attached hydrogens (primary N) is 1. The number of anilines is 1. The molecule has 27 heavy (non-hydrogen) atoms. The van der Waals surface area contributed by atoms with Crippen molar-refractivity contribution in [1.29, 1.82) is 0 Å². The summed E-state index contributed by atoms with van der Waals surface area (Å²) in [7, 11) is 1.61. The lowest BCUT2D eigenvalue weighted by Gasteiger charge is -2.11. The summed E-state index contributed by atoms with van der Waals surface area (Å²) < 4.78 is 24.0. The molecule has 140 valence electrons. The van der Waals surface area contributed by atoms with Crippen LogP contribution in [0.5, 0.6) is 10.8 Å². The summed E-state index contributed by atoms with van der Waals surface area (Å²) in [4.78, 5) is 5.35. The van der Waals surface area contributed by atoms with Gasteiger partial charge in [0.25, 0.3) is 0 Å². The second-order valence-electron chi connectivity index (χ2n) is 5.78. The van der Waals surface area contributed by atoms with Crippen LogP contribution in [0.25, 0.3) is 5.70 Å². The Kier molecular flexibility index (Phi) is 6.05. The Morgan fingerprint density at radius 3 is 2.85 bits per heavy atom. The number of ether oxygens (including phenoxy) is 2. The van der Waals surface area contributed by atoms with E-state index in [9.17, 15) is 4.39 Å². The molecule has 2 heterocycles. The fraction of sp³-hybridized carbons (Fsp3) is 0.150. The molecule has 3 rings (SSSR count). The molecule has 3 aromatic rings. The van der Waals surface area contributed by atoms with Gasteiger partial charge in [0.15, 0.2) is 5.06 Å². The van der Waals surface area contributed by atoms with Gasteiger partial charge in [-0.1, -0.05) is 12.6 Å². The van der Waals surface area contributed by atoms with Gasteiger partial charge in [-0.3, -0.25) is 0 Å². The largest absolute Gasteiger partial charge is 0.447 e. The SMILES string of the molecule is C=C(NCc1ccc(Oc2cccc(F)c2)s1)c1ccc(COC)nc1N. The van der Waals surface area contributed by atoms with E-state index in [4.69, 9.17) is 15.2 Å². The van der Waals surface area contributed by atoms with Crippen molar-refractivity contribution in [3.63, 3.8) is 0 Å². The highest BCUT2D eigenvalue weighted by Crippen LogP contribution is 2.30. The molecule has 1 aromatic carbocycles. The van der Waals surface area contributed by atoms with Crippen LogP contribution in [-0.4, -0.2) is 12.1 Å². The van der Waals surface area contributed by atoms with Crippen LogP contribution in [0.15, 0.2) is 55.1 Å². The number of nitrogens with one attached hydrogen (secondary N) is 1. The van der Waals surface area contributed by atoms with Gasteiger partial charge in [0.1, 0.15) is 17.4 Å². The van der Waals surface area contributed by atoms with Crippen molar-refractivity contribution < 1.29 is 13.9 Å². The van der Waals surface area contributed by atoms with Crippen molar-refractivity contribution in [1.82, 2.24) is 10.3 Å². The minimum atomic E-state index is -0.329. The number of methoxy groups -OCH3 is 1. The number of thiophene rings is 1. The number of hydrogen-bond donors (Lipinski definition) is 2. The second-order valence-corrected chi connectivity index (χ2v) is 6.91. The topological polar surface area (TPSA) is 69.4 Å². The Labute approximate surface area is 161 Å². The van der Waals surface area contributed by atoms with Crippen LogP contribution in [0.1, 0.15) is 16.1 Å². The molecule has 0 radical (unpaired) electrons. The molecular formula is C20H20FN3O2S. The van der Waals surface area contributed by atoms with Crippen molar-refractivity contribution in [2.45, 2.75) is 13.2 Å². The first kappa shape index (κ1) is 18.9. The maximum absolute atomic E-state index is 13.2. The molecule has 0 amide bonds. The summed E-state index contributed by atoms with van der Waals surface area (Å²) in [6.07, 6.45) is 0. The van der Waals surface area contributed by atoms with E-state index >= 15 is 0 Å². The van der Waals surface area contributed by atoms with E-state index < -0.39 is 0 Å². The van der Waals surface area contributed by atoms with Crippen LogP contribution in [-0.2, 0) is 17.9 Å². The van der Waals surface area contributed by atoms with E-state index in [1.807, 2.05) is 24.3 Å². The Morgan fingerprint density at radius 1 is 1.26 bits per heavy atom. The van der Waals surface area contributed by atoms with Crippen LogP contribution in [0.3, 0.4) is 0 Å². The fourth-order valence-electron chi connectivity index (χ4n) is 2.44. The van der Waals surface area contributed by atoms with Crippen molar-refractivity contribution in [2.24, 2.45) is 0 Å². The number of rotatable bonds is 8. The van der Waals surface area contributed by atoms with E-state index in [0.717, 1.165) is 16.1 Å². The lowest BCUT2D eigenvalue weighted by atomic mass is 10.2. The molecule has 0 fully saturated rings. The van der Waals surface area contributed by atoms with Gasteiger partial charge < -0.3 is 20.5 Å². The highest BCUT2D eigenvalue weighted by molar-refractivity contribution is 7.13. The van der Waals surface area contributed by atoms with Crippen molar-refractivity contribution in [2.75, 3.05) is 12.8 Å². The van der Waals surface area contributed by atoms with Crippen LogP contribution < -0.4 is 15.8 Å². The molecule has 0 atom stereocenters. The maximum atomic E-state index is 13.2. The van der Waals surface area contributed by atoms with Crippen molar-refractivity contribution in [3.8, 4) is 10.8 Å². The number of nitrogen functional groups attached to an aromatic ring is 1.